The summed E-state index contributed by atoms with van der Waals surface area (Å²) in [4.78, 5) is 18.0. The number of nitrogens with one attached hydrogen (secondary N) is 1. The van der Waals surface area contributed by atoms with Crippen molar-refractivity contribution in [2.45, 2.75) is 17.4 Å². The van der Waals surface area contributed by atoms with Crippen molar-refractivity contribution in [3.05, 3.63) is 126 Å². The van der Waals surface area contributed by atoms with Crippen LogP contribution in [0, 0.1) is 0 Å². The van der Waals surface area contributed by atoms with E-state index in [1.165, 1.54) is 0 Å². The second-order valence-corrected chi connectivity index (χ2v) is 9.04. The largest absolute Gasteiger partial charge is 0.301 e. The lowest BCUT2D eigenvalue weighted by Crippen LogP contribution is -2.27. The molecule has 168 valence electrons. The van der Waals surface area contributed by atoms with E-state index in [0.717, 1.165) is 22.5 Å². The molecule has 1 aliphatic rings. The fourth-order valence-corrected chi connectivity index (χ4v) is 4.75. The Labute approximate surface area is 200 Å². The number of pyridine rings is 1. The van der Waals surface area contributed by atoms with Crippen molar-refractivity contribution in [3.8, 4) is 0 Å². The molecule has 1 amide bonds. The maximum atomic E-state index is 13.3. The predicted molar refractivity (Wildman–Crippen MR) is 134 cm³/mol. The molecule has 34 heavy (non-hydrogen) atoms. The van der Waals surface area contributed by atoms with E-state index in [1.54, 1.807) is 29.5 Å². The first-order valence-corrected chi connectivity index (χ1v) is 12.0. The van der Waals surface area contributed by atoms with E-state index in [4.69, 9.17) is 5.10 Å². The maximum absolute atomic E-state index is 13.3. The van der Waals surface area contributed by atoms with Gasteiger partial charge in [-0.05, 0) is 47.5 Å². The number of benzene rings is 3. The van der Waals surface area contributed by atoms with E-state index < -0.39 is 11.0 Å². The Morgan fingerprint density at radius 3 is 2.18 bits per heavy atom. The monoisotopic (exact) mass is 466 g/mol. The van der Waals surface area contributed by atoms with E-state index in [9.17, 15) is 9.00 Å². The van der Waals surface area contributed by atoms with Crippen molar-refractivity contribution in [1.82, 2.24) is 9.99 Å². The van der Waals surface area contributed by atoms with Gasteiger partial charge in [0.2, 0.25) is 0 Å². The fourth-order valence-electron chi connectivity index (χ4n) is 3.87. The van der Waals surface area contributed by atoms with Crippen molar-refractivity contribution in [2.75, 3.05) is 4.72 Å². The molecule has 0 spiro atoms. The first-order valence-electron chi connectivity index (χ1n) is 10.9. The molecular weight excluding hydrogens is 444 g/mol. The van der Waals surface area contributed by atoms with Crippen molar-refractivity contribution < 1.29 is 9.00 Å². The van der Waals surface area contributed by atoms with Crippen molar-refractivity contribution in [3.63, 3.8) is 0 Å². The molecule has 1 N–H and O–H groups in total. The number of carbonyl (C=O) groups excluding carboxylic acids is 1. The third-order valence-corrected chi connectivity index (χ3v) is 6.74. The molecule has 2 heterocycles. The van der Waals surface area contributed by atoms with Gasteiger partial charge in [0, 0.05) is 30.1 Å². The van der Waals surface area contributed by atoms with E-state index in [0.29, 0.717) is 16.9 Å². The molecule has 2 atom stereocenters. The zero-order chi connectivity index (χ0) is 23.3. The van der Waals surface area contributed by atoms with Crippen LogP contribution in [0.15, 0.2) is 119 Å². The summed E-state index contributed by atoms with van der Waals surface area (Å²) in [5.41, 5.74) is 4.06. The molecule has 1 aliphatic heterocycles. The Bertz CT molecular complexity index is 1330. The number of hydrazone groups is 1. The molecular formula is C27H22N4O2S. The summed E-state index contributed by atoms with van der Waals surface area (Å²) in [6, 6.07) is 30.0. The van der Waals surface area contributed by atoms with Crippen molar-refractivity contribution in [1.29, 1.82) is 0 Å². The first-order chi connectivity index (χ1) is 16.7. The highest BCUT2D eigenvalue weighted by Crippen LogP contribution is 2.34. The fraction of sp³-hybridized carbons (Fsp3) is 0.0741. The third-order valence-electron chi connectivity index (χ3n) is 5.62. The van der Waals surface area contributed by atoms with Gasteiger partial charge in [0.1, 0.15) is 11.0 Å². The lowest BCUT2D eigenvalue weighted by Gasteiger charge is -2.22. The smallest absolute Gasteiger partial charge is 0.274 e. The normalized spacial score (nSPS) is 16.1. The summed E-state index contributed by atoms with van der Waals surface area (Å²) in [5, 5.41) is 6.30. The molecule has 1 aromatic heterocycles. The highest BCUT2D eigenvalue weighted by Gasteiger charge is 2.33. The van der Waals surface area contributed by atoms with Crippen molar-refractivity contribution >= 4 is 28.3 Å². The minimum absolute atomic E-state index is 0.164. The van der Waals surface area contributed by atoms with Gasteiger partial charge in [-0.15, -0.1) is 0 Å². The molecule has 4 aromatic rings. The first kappa shape index (κ1) is 21.7. The Kier molecular flexibility index (Phi) is 6.27. The number of aromatic nitrogens is 1. The van der Waals surface area contributed by atoms with E-state index in [1.807, 2.05) is 84.9 Å². The van der Waals surface area contributed by atoms with Crippen LogP contribution in [0.4, 0.5) is 5.69 Å². The van der Waals surface area contributed by atoms with Gasteiger partial charge >= 0.3 is 0 Å². The van der Waals surface area contributed by atoms with Crippen LogP contribution in [0.1, 0.15) is 33.9 Å². The molecule has 2 unspecified atom stereocenters. The number of hydrogen-bond donors (Lipinski definition) is 1. The minimum Gasteiger partial charge on any atom is -0.301 e. The number of carbonyl (C=O) groups is 1. The molecule has 0 fully saturated rings. The Morgan fingerprint density at radius 1 is 0.853 bits per heavy atom. The molecule has 3 aromatic carbocycles. The molecule has 6 nitrogen and oxygen atoms in total. The lowest BCUT2D eigenvalue weighted by molar-refractivity contribution is 0.0711. The molecule has 5 rings (SSSR count). The minimum atomic E-state index is -1.34. The van der Waals surface area contributed by atoms with Gasteiger partial charge in [-0.2, -0.15) is 5.10 Å². The van der Waals surface area contributed by atoms with E-state index >= 15 is 0 Å². The molecule has 0 radical (unpaired) electrons. The molecule has 0 saturated heterocycles. The van der Waals surface area contributed by atoms with E-state index in [2.05, 4.69) is 9.71 Å². The van der Waals surface area contributed by atoms with Gasteiger partial charge in [-0.25, -0.2) is 9.22 Å². The van der Waals surface area contributed by atoms with Gasteiger partial charge in [-0.3, -0.25) is 9.78 Å². The van der Waals surface area contributed by atoms with Gasteiger partial charge in [0.05, 0.1) is 16.6 Å². The van der Waals surface area contributed by atoms with Crippen molar-refractivity contribution in [2.24, 2.45) is 5.10 Å². The summed E-state index contributed by atoms with van der Waals surface area (Å²) >= 11 is 0. The van der Waals surface area contributed by atoms with Crippen LogP contribution < -0.4 is 4.72 Å². The van der Waals surface area contributed by atoms with Gasteiger partial charge < -0.3 is 4.72 Å². The highest BCUT2D eigenvalue weighted by atomic mass is 32.2. The zero-order valence-corrected chi connectivity index (χ0v) is 19.1. The van der Waals surface area contributed by atoms with Crippen LogP contribution >= 0.6 is 0 Å². The van der Waals surface area contributed by atoms with Crippen LogP contribution in [-0.4, -0.2) is 25.8 Å². The second kappa shape index (κ2) is 9.80. The van der Waals surface area contributed by atoms with Crippen LogP contribution in [0.5, 0.6) is 0 Å². The van der Waals surface area contributed by atoms with Crippen LogP contribution in [0.2, 0.25) is 0 Å². The lowest BCUT2D eigenvalue weighted by atomic mass is 9.98. The quantitative estimate of drug-likeness (QED) is 0.424. The van der Waals surface area contributed by atoms with Crippen LogP contribution in [-0.2, 0) is 11.0 Å². The number of anilines is 1. The van der Waals surface area contributed by atoms with Crippen LogP contribution in [0.3, 0.4) is 0 Å². The number of nitrogens with zero attached hydrogens (tertiary/aromatic N) is 3. The zero-order valence-electron chi connectivity index (χ0n) is 18.2. The molecule has 0 aliphatic carbocycles. The summed E-state index contributed by atoms with van der Waals surface area (Å²) in [6.45, 7) is 0. The Hall–Kier alpha value is -4.10. The summed E-state index contributed by atoms with van der Waals surface area (Å²) < 4.78 is 15.6. The number of rotatable bonds is 6. The van der Waals surface area contributed by atoms with Gasteiger partial charge in [-0.1, -0.05) is 60.7 Å². The highest BCUT2D eigenvalue weighted by molar-refractivity contribution is 7.86. The van der Waals surface area contributed by atoms with Crippen LogP contribution in [0.25, 0.3) is 0 Å². The molecule has 0 saturated carbocycles. The summed E-state index contributed by atoms with van der Waals surface area (Å²) in [5.74, 6) is -0.164. The molecule has 7 heteroatoms. The molecule has 0 bridgehead atoms. The maximum Gasteiger partial charge on any atom is 0.274 e. The second-order valence-electron chi connectivity index (χ2n) is 7.82. The average molecular weight is 467 g/mol. The third kappa shape index (κ3) is 4.65. The predicted octanol–water partition coefficient (Wildman–Crippen LogP) is 5.21. The Morgan fingerprint density at radius 2 is 1.50 bits per heavy atom. The van der Waals surface area contributed by atoms with E-state index in [-0.39, 0.29) is 11.9 Å². The average Bonchev–Trinajstić information content (AvgIpc) is 3.36. The summed E-state index contributed by atoms with van der Waals surface area (Å²) in [6.07, 6.45) is 3.82. The summed E-state index contributed by atoms with van der Waals surface area (Å²) in [7, 11) is -1.34. The number of amides is 1. The van der Waals surface area contributed by atoms with Gasteiger partial charge in [0.25, 0.3) is 5.91 Å². The number of hydrogen-bond acceptors (Lipinski definition) is 4. The topological polar surface area (TPSA) is 74.7 Å². The SMILES string of the molecule is O=C(c1ccncc1)N1N=C(c2ccc(NS(=O)c3ccccc3)cc2)CC1c1ccccc1. The van der Waals surface area contributed by atoms with Gasteiger partial charge in [0.15, 0.2) is 0 Å². The Balaban J connectivity index is 1.39. The standard InChI is InChI=1S/C27H22N4O2S/c32-27(22-15-17-28-18-16-22)31-26(21-7-3-1-4-8-21)19-25(29-31)20-11-13-23(14-12-20)30-34(33)24-9-5-2-6-10-24/h1-18,26,30H,19H2.